The highest BCUT2D eigenvalue weighted by molar-refractivity contribution is 7.92. The standard InChI is InChI=1S/C17H15F3N2O3S/c18-13-6-7-14(16(20)15(13)19)21-17(23)11-4-3-5-12(10-11)22-8-1-2-9-26(22,24)25/h3-7,10H,1-2,8-9H2,(H,21,23). The molecule has 1 N–H and O–H groups in total. The second-order valence-electron chi connectivity index (χ2n) is 5.82. The van der Waals surface area contributed by atoms with Gasteiger partial charge in [0.05, 0.1) is 17.1 Å². The maximum Gasteiger partial charge on any atom is 0.255 e. The van der Waals surface area contributed by atoms with Crippen LogP contribution in [0.25, 0.3) is 0 Å². The first kappa shape index (κ1) is 18.2. The summed E-state index contributed by atoms with van der Waals surface area (Å²) >= 11 is 0. The highest BCUT2D eigenvalue weighted by Crippen LogP contribution is 2.25. The van der Waals surface area contributed by atoms with Gasteiger partial charge < -0.3 is 5.32 Å². The summed E-state index contributed by atoms with van der Waals surface area (Å²) in [6, 6.07) is 7.42. The monoisotopic (exact) mass is 384 g/mol. The van der Waals surface area contributed by atoms with Crippen LogP contribution in [0.4, 0.5) is 24.5 Å². The van der Waals surface area contributed by atoms with Gasteiger partial charge in [0.2, 0.25) is 10.0 Å². The Kier molecular flexibility index (Phi) is 4.90. The molecule has 26 heavy (non-hydrogen) atoms. The smallest absolute Gasteiger partial charge is 0.255 e. The number of carbonyl (C=O) groups is 1. The van der Waals surface area contributed by atoms with E-state index in [0.717, 1.165) is 6.07 Å². The van der Waals surface area contributed by atoms with Crippen LogP contribution < -0.4 is 9.62 Å². The average Bonchev–Trinajstić information content (AvgIpc) is 2.62. The van der Waals surface area contributed by atoms with Crippen LogP contribution in [-0.4, -0.2) is 26.6 Å². The van der Waals surface area contributed by atoms with E-state index in [1.165, 1.54) is 22.5 Å². The van der Waals surface area contributed by atoms with Crippen LogP contribution in [0.15, 0.2) is 36.4 Å². The van der Waals surface area contributed by atoms with Crippen molar-refractivity contribution in [1.82, 2.24) is 0 Å². The molecule has 0 spiro atoms. The Morgan fingerprint density at radius 3 is 2.54 bits per heavy atom. The molecule has 2 aromatic rings. The minimum Gasteiger partial charge on any atom is -0.319 e. The van der Waals surface area contributed by atoms with Gasteiger partial charge in [-0.3, -0.25) is 9.10 Å². The quantitative estimate of drug-likeness (QED) is 0.826. The molecule has 138 valence electrons. The molecule has 0 radical (unpaired) electrons. The van der Waals surface area contributed by atoms with Crippen LogP contribution in [-0.2, 0) is 10.0 Å². The Morgan fingerprint density at radius 1 is 1.04 bits per heavy atom. The predicted octanol–water partition coefficient (Wildman–Crippen LogP) is 3.29. The summed E-state index contributed by atoms with van der Waals surface area (Å²) in [6.45, 7) is 0.311. The van der Waals surface area contributed by atoms with Gasteiger partial charge in [0.1, 0.15) is 0 Å². The Morgan fingerprint density at radius 2 is 1.81 bits per heavy atom. The number of benzene rings is 2. The Hall–Kier alpha value is -2.55. The summed E-state index contributed by atoms with van der Waals surface area (Å²) in [5.74, 6) is -5.29. The molecule has 3 rings (SSSR count). The molecule has 0 atom stereocenters. The largest absolute Gasteiger partial charge is 0.319 e. The van der Waals surface area contributed by atoms with E-state index in [2.05, 4.69) is 5.32 Å². The van der Waals surface area contributed by atoms with Crippen molar-refractivity contribution in [3.05, 3.63) is 59.4 Å². The van der Waals surface area contributed by atoms with E-state index in [1.54, 1.807) is 6.07 Å². The first-order chi connectivity index (χ1) is 12.3. The molecule has 1 heterocycles. The van der Waals surface area contributed by atoms with E-state index in [4.69, 9.17) is 0 Å². The number of nitrogens with zero attached hydrogens (tertiary/aromatic N) is 1. The highest BCUT2D eigenvalue weighted by Gasteiger charge is 2.26. The lowest BCUT2D eigenvalue weighted by Gasteiger charge is -2.28. The Balaban J connectivity index is 1.86. The lowest BCUT2D eigenvalue weighted by molar-refractivity contribution is 0.102. The number of amides is 1. The van der Waals surface area contributed by atoms with Gasteiger partial charge in [-0.2, -0.15) is 0 Å². The molecule has 0 bridgehead atoms. The van der Waals surface area contributed by atoms with E-state index in [-0.39, 0.29) is 11.3 Å². The third-order valence-corrected chi connectivity index (χ3v) is 5.90. The van der Waals surface area contributed by atoms with Gasteiger partial charge in [-0.05, 0) is 43.2 Å². The summed E-state index contributed by atoms with van der Waals surface area (Å²) in [7, 11) is -3.44. The first-order valence-corrected chi connectivity index (χ1v) is 9.46. The fraction of sp³-hybridized carbons (Fsp3) is 0.235. The van der Waals surface area contributed by atoms with E-state index in [9.17, 15) is 26.4 Å². The van der Waals surface area contributed by atoms with Crippen molar-refractivity contribution < 1.29 is 26.4 Å². The number of rotatable bonds is 3. The van der Waals surface area contributed by atoms with Crippen molar-refractivity contribution in [3.63, 3.8) is 0 Å². The van der Waals surface area contributed by atoms with Gasteiger partial charge in [0, 0.05) is 12.1 Å². The zero-order valence-electron chi connectivity index (χ0n) is 13.5. The number of sulfonamides is 1. The molecule has 5 nitrogen and oxygen atoms in total. The van der Waals surface area contributed by atoms with Gasteiger partial charge in [-0.25, -0.2) is 21.6 Å². The minimum absolute atomic E-state index is 0.0312. The molecule has 1 fully saturated rings. The van der Waals surface area contributed by atoms with Gasteiger partial charge in [0.25, 0.3) is 5.91 Å². The topological polar surface area (TPSA) is 66.5 Å². The highest BCUT2D eigenvalue weighted by atomic mass is 32.2. The van der Waals surface area contributed by atoms with Gasteiger partial charge in [0.15, 0.2) is 17.5 Å². The Bertz CT molecular complexity index is 964. The van der Waals surface area contributed by atoms with E-state index < -0.39 is 39.1 Å². The molecule has 1 aliphatic rings. The molecule has 9 heteroatoms. The minimum atomic E-state index is -3.44. The van der Waals surface area contributed by atoms with Crippen molar-refractivity contribution in [2.24, 2.45) is 0 Å². The number of nitrogens with one attached hydrogen (secondary N) is 1. The SMILES string of the molecule is O=C(Nc1ccc(F)c(F)c1F)c1cccc(N2CCCCS2(=O)=O)c1. The number of hydrogen-bond acceptors (Lipinski definition) is 3. The van der Waals surface area contributed by atoms with E-state index in [0.29, 0.717) is 31.1 Å². The van der Waals surface area contributed by atoms with E-state index in [1.807, 2.05) is 0 Å². The van der Waals surface area contributed by atoms with Crippen LogP contribution in [0.5, 0.6) is 0 Å². The molecule has 0 unspecified atom stereocenters. The molecule has 1 saturated heterocycles. The fourth-order valence-corrected chi connectivity index (χ4v) is 4.33. The molecule has 2 aromatic carbocycles. The predicted molar refractivity (Wildman–Crippen MR) is 91.1 cm³/mol. The average molecular weight is 384 g/mol. The second-order valence-corrected chi connectivity index (χ2v) is 7.84. The van der Waals surface area contributed by atoms with Crippen LogP contribution in [0.2, 0.25) is 0 Å². The van der Waals surface area contributed by atoms with Crippen LogP contribution in [0, 0.1) is 17.5 Å². The molecular formula is C17H15F3N2O3S. The summed E-state index contributed by atoms with van der Waals surface area (Å²) in [6.07, 6.45) is 1.28. The third kappa shape index (κ3) is 3.52. The maximum atomic E-state index is 13.7. The lowest BCUT2D eigenvalue weighted by Crippen LogP contribution is -2.37. The zero-order valence-corrected chi connectivity index (χ0v) is 14.3. The Labute approximate surface area is 148 Å². The molecule has 1 amide bonds. The van der Waals surface area contributed by atoms with Gasteiger partial charge in [-0.1, -0.05) is 6.07 Å². The second kappa shape index (κ2) is 6.99. The van der Waals surface area contributed by atoms with E-state index >= 15 is 0 Å². The van der Waals surface area contributed by atoms with Crippen molar-refractivity contribution >= 4 is 27.3 Å². The van der Waals surface area contributed by atoms with Gasteiger partial charge in [-0.15, -0.1) is 0 Å². The van der Waals surface area contributed by atoms with Crippen LogP contribution in [0.3, 0.4) is 0 Å². The first-order valence-electron chi connectivity index (χ1n) is 7.85. The molecule has 1 aliphatic heterocycles. The summed E-state index contributed by atoms with van der Waals surface area (Å²) < 4.78 is 65.5. The maximum absolute atomic E-state index is 13.7. The van der Waals surface area contributed by atoms with Crippen molar-refractivity contribution in [2.45, 2.75) is 12.8 Å². The van der Waals surface area contributed by atoms with Crippen molar-refractivity contribution in [1.29, 1.82) is 0 Å². The summed E-state index contributed by atoms with van der Waals surface area (Å²) in [5, 5.41) is 2.16. The molecular weight excluding hydrogens is 369 g/mol. The van der Waals surface area contributed by atoms with Crippen molar-refractivity contribution in [2.75, 3.05) is 21.9 Å². The number of carbonyl (C=O) groups excluding carboxylic acids is 1. The molecule has 0 saturated carbocycles. The fourth-order valence-electron chi connectivity index (χ4n) is 2.70. The number of hydrogen-bond donors (Lipinski definition) is 1. The van der Waals surface area contributed by atoms with Crippen LogP contribution >= 0.6 is 0 Å². The molecule has 0 aromatic heterocycles. The summed E-state index contributed by atoms with van der Waals surface area (Å²) in [4.78, 5) is 12.3. The number of halogens is 3. The lowest BCUT2D eigenvalue weighted by atomic mass is 10.1. The van der Waals surface area contributed by atoms with Gasteiger partial charge >= 0.3 is 0 Å². The summed E-state index contributed by atoms with van der Waals surface area (Å²) in [5.41, 5.74) is -0.125. The van der Waals surface area contributed by atoms with Crippen molar-refractivity contribution in [3.8, 4) is 0 Å². The number of anilines is 2. The van der Waals surface area contributed by atoms with Crippen LogP contribution in [0.1, 0.15) is 23.2 Å². The molecule has 0 aliphatic carbocycles. The third-order valence-electron chi connectivity index (χ3n) is 4.03. The normalized spacial score (nSPS) is 16.3. The zero-order chi connectivity index (χ0) is 18.9.